The highest BCUT2D eigenvalue weighted by atomic mass is 79.9. The van der Waals surface area contributed by atoms with Gasteiger partial charge in [0.05, 0.1) is 4.90 Å². The number of sulfonamides is 1. The highest BCUT2D eigenvalue weighted by Gasteiger charge is 2.39. The summed E-state index contributed by atoms with van der Waals surface area (Å²) < 4.78 is 51.6. The van der Waals surface area contributed by atoms with Crippen molar-refractivity contribution in [2.45, 2.75) is 17.6 Å². The molecule has 9 heteroatoms. The second kappa shape index (κ2) is 8.12. The number of benzene rings is 2. The fraction of sp³-hybridized carbons (Fsp3) is 0.250. The molecule has 136 valence electrons. The summed E-state index contributed by atoms with van der Waals surface area (Å²) in [6.45, 7) is 1.86. The molecule has 2 aromatic carbocycles. The first-order valence-electron chi connectivity index (χ1n) is 7.27. The van der Waals surface area contributed by atoms with Gasteiger partial charge in [0.15, 0.2) is 0 Å². The number of rotatable bonds is 7. The largest absolute Gasteiger partial charge is 0.352 e. The minimum atomic E-state index is -3.94. The minimum Gasteiger partial charge on any atom is -0.311 e. The lowest BCUT2D eigenvalue weighted by Gasteiger charge is -2.25. The molecule has 0 bridgehead atoms. The summed E-state index contributed by atoms with van der Waals surface area (Å²) in [5, 5.41) is 0. The summed E-state index contributed by atoms with van der Waals surface area (Å²) in [5.74, 6) is -1.19. The first-order valence-corrected chi connectivity index (χ1v) is 11.2. The van der Waals surface area contributed by atoms with E-state index in [1.165, 1.54) is 26.4 Å². The maximum Gasteiger partial charge on any atom is 0.352 e. The average Bonchev–Trinajstić information content (AvgIpc) is 2.59. The Morgan fingerprint density at radius 2 is 1.68 bits per heavy atom. The molecule has 0 spiro atoms. The van der Waals surface area contributed by atoms with Gasteiger partial charge >= 0.3 is 7.60 Å². The monoisotopic (exact) mass is 447 g/mol. The SMILES string of the molecule is COP(=O)(OC)C(NS(=O)(=O)c1ccc(C)cc1)c1cccc(Br)c1. The zero-order chi connectivity index (χ0) is 18.7. The molecular weight excluding hydrogens is 429 g/mol. The minimum absolute atomic E-state index is 0.0665. The molecule has 0 fully saturated rings. The molecule has 6 nitrogen and oxygen atoms in total. The third-order valence-corrected chi connectivity index (χ3v) is 7.77. The highest BCUT2D eigenvalue weighted by Crippen LogP contribution is 2.59. The maximum atomic E-state index is 12.9. The molecule has 0 aromatic heterocycles. The van der Waals surface area contributed by atoms with Crippen LogP contribution in [0.2, 0.25) is 0 Å². The van der Waals surface area contributed by atoms with E-state index < -0.39 is 23.4 Å². The molecule has 2 aromatic rings. The molecule has 0 amide bonds. The molecular formula is C16H19BrNO5PS. The van der Waals surface area contributed by atoms with Gasteiger partial charge in [0.25, 0.3) is 0 Å². The maximum absolute atomic E-state index is 12.9. The summed E-state index contributed by atoms with van der Waals surface area (Å²) in [5.41, 5.74) is 1.39. The number of aryl methyl sites for hydroxylation is 1. The topological polar surface area (TPSA) is 81.7 Å². The van der Waals surface area contributed by atoms with Crippen molar-refractivity contribution in [2.75, 3.05) is 14.2 Å². The van der Waals surface area contributed by atoms with E-state index in [0.29, 0.717) is 10.0 Å². The molecule has 1 atom stereocenters. The number of hydrogen-bond acceptors (Lipinski definition) is 5. The molecule has 1 N–H and O–H groups in total. The first kappa shape index (κ1) is 20.3. The quantitative estimate of drug-likeness (QED) is 0.642. The molecule has 0 aliphatic carbocycles. The van der Waals surface area contributed by atoms with Crippen LogP contribution in [-0.2, 0) is 23.6 Å². The number of nitrogens with one attached hydrogen (secondary N) is 1. The Hall–Kier alpha value is -1.02. The van der Waals surface area contributed by atoms with E-state index in [0.717, 1.165) is 5.56 Å². The van der Waals surface area contributed by atoms with Gasteiger partial charge in [-0.3, -0.25) is 4.57 Å². The van der Waals surface area contributed by atoms with E-state index in [1.807, 2.05) is 6.92 Å². The summed E-state index contributed by atoms with van der Waals surface area (Å²) in [7, 11) is -5.27. The Kier molecular flexibility index (Phi) is 6.59. The van der Waals surface area contributed by atoms with Crippen molar-refractivity contribution in [1.82, 2.24) is 4.72 Å². The van der Waals surface area contributed by atoms with Crippen LogP contribution < -0.4 is 4.72 Å². The lowest BCUT2D eigenvalue weighted by molar-refractivity contribution is 0.263. The molecule has 0 radical (unpaired) electrons. The van der Waals surface area contributed by atoms with Crippen molar-refractivity contribution < 1.29 is 22.0 Å². The molecule has 0 saturated heterocycles. The fourth-order valence-electron chi connectivity index (χ4n) is 2.21. The van der Waals surface area contributed by atoms with E-state index >= 15 is 0 Å². The third kappa shape index (κ3) is 4.78. The summed E-state index contributed by atoms with van der Waals surface area (Å²) >= 11 is 3.33. The Balaban J connectivity index is 2.49. The smallest absolute Gasteiger partial charge is 0.311 e. The van der Waals surface area contributed by atoms with E-state index in [-0.39, 0.29) is 4.90 Å². The van der Waals surface area contributed by atoms with Gasteiger partial charge in [-0.2, -0.15) is 4.72 Å². The molecule has 1 unspecified atom stereocenters. The van der Waals surface area contributed by atoms with E-state index in [1.54, 1.807) is 36.4 Å². The molecule has 0 saturated carbocycles. The van der Waals surface area contributed by atoms with Gasteiger partial charge in [-0.05, 0) is 36.8 Å². The average molecular weight is 448 g/mol. The molecule has 25 heavy (non-hydrogen) atoms. The number of hydrogen-bond donors (Lipinski definition) is 1. The van der Waals surface area contributed by atoms with Crippen LogP contribution in [0.15, 0.2) is 57.9 Å². The first-order chi connectivity index (χ1) is 11.7. The van der Waals surface area contributed by atoms with Crippen LogP contribution in [0.25, 0.3) is 0 Å². The van der Waals surface area contributed by atoms with Crippen LogP contribution in [0.1, 0.15) is 16.9 Å². The van der Waals surface area contributed by atoms with Crippen molar-refractivity contribution in [3.8, 4) is 0 Å². The standard InChI is InChI=1S/C16H19BrNO5PS/c1-12-7-9-15(10-8-12)25(20,21)18-16(24(19,22-2)23-3)13-5-4-6-14(17)11-13/h4-11,16,18H,1-3H3. The van der Waals surface area contributed by atoms with Crippen molar-refractivity contribution in [3.63, 3.8) is 0 Å². The van der Waals surface area contributed by atoms with Crippen LogP contribution in [-0.4, -0.2) is 22.6 Å². The predicted molar refractivity (Wildman–Crippen MR) is 100 cm³/mol. The third-order valence-electron chi connectivity index (χ3n) is 3.59. The van der Waals surface area contributed by atoms with Crippen LogP contribution in [0, 0.1) is 6.92 Å². The van der Waals surface area contributed by atoms with Crippen molar-refractivity contribution in [1.29, 1.82) is 0 Å². The summed E-state index contributed by atoms with van der Waals surface area (Å²) in [6, 6.07) is 13.1. The van der Waals surface area contributed by atoms with Crippen LogP contribution >= 0.6 is 23.5 Å². The predicted octanol–water partition coefficient (Wildman–Crippen LogP) is 4.22. The zero-order valence-corrected chi connectivity index (χ0v) is 17.3. The van der Waals surface area contributed by atoms with Gasteiger partial charge in [0, 0.05) is 18.7 Å². The Bertz CT molecular complexity index is 878. The summed E-state index contributed by atoms with van der Waals surface area (Å²) in [4.78, 5) is 0.0665. The van der Waals surface area contributed by atoms with Gasteiger partial charge in [0.2, 0.25) is 10.0 Å². The Labute approximate surface area is 156 Å². The van der Waals surface area contributed by atoms with Crippen LogP contribution in [0.4, 0.5) is 0 Å². The van der Waals surface area contributed by atoms with Crippen LogP contribution in [0.5, 0.6) is 0 Å². The van der Waals surface area contributed by atoms with E-state index in [2.05, 4.69) is 20.7 Å². The second-order valence-electron chi connectivity index (χ2n) is 5.30. The summed E-state index contributed by atoms with van der Waals surface area (Å²) in [6.07, 6.45) is 0. The second-order valence-corrected chi connectivity index (χ2v) is 10.3. The van der Waals surface area contributed by atoms with Gasteiger partial charge in [-0.25, -0.2) is 8.42 Å². The van der Waals surface area contributed by atoms with Gasteiger partial charge in [-0.15, -0.1) is 0 Å². The molecule has 0 aliphatic rings. The lowest BCUT2D eigenvalue weighted by Crippen LogP contribution is -2.29. The van der Waals surface area contributed by atoms with Gasteiger partial charge in [-0.1, -0.05) is 45.8 Å². The van der Waals surface area contributed by atoms with Gasteiger partial charge in [0.1, 0.15) is 5.78 Å². The Morgan fingerprint density at radius 1 is 1.08 bits per heavy atom. The number of halogens is 1. The van der Waals surface area contributed by atoms with Crippen LogP contribution in [0.3, 0.4) is 0 Å². The van der Waals surface area contributed by atoms with Crippen molar-refractivity contribution in [2.24, 2.45) is 0 Å². The Morgan fingerprint density at radius 3 is 2.20 bits per heavy atom. The molecule has 0 aliphatic heterocycles. The zero-order valence-electron chi connectivity index (χ0n) is 14.0. The fourth-order valence-corrected chi connectivity index (χ4v) is 5.72. The highest BCUT2D eigenvalue weighted by molar-refractivity contribution is 9.10. The van der Waals surface area contributed by atoms with Crippen molar-refractivity contribution >= 4 is 33.5 Å². The lowest BCUT2D eigenvalue weighted by atomic mass is 10.2. The van der Waals surface area contributed by atoms with E-state index in [4.69, 9.17) is 9.05 Å². The molecule has 0 heterocycles. The van der Waals surface area contributed by atoms with Gasteiger partial charge < -0.3 is 9.05 Å². The van der Waals surface area contributed by atoms with E-state index in [9.17, 15) is 13.0 Å². The molecule has 2 rings (SSSR count). The van der Waals surface area contributed by atoms with Crippen molar-refractivity contribution in [3.05, 3.63) is 64.1 Å². The normalized spacial score (nSPS) is 13.6.